The van der Waals surface area contributed by atoms with Crippen LogP contribution >= 0.6 is 0 Å². The fraction of sp³-hybridized carbons (Fsp3) is 0.560. The topological polar surface area (TPSA) is 99.8 Å². The van der Waals surface area contributed by atoms with Gasteiger partial charge < -0.3 is 25.6 Å². The number of likely N-dealkylation sites (N-methyl/N-ethyl adjacent to an activating group) is 1. The van der Waals surface area contributed by atoms with Crippen molar-refractivity contribution in [3.05, 3.63) is 41.5 Å². The predicted molar refractivity (Wildman–Crippen MR) is 125 cm³/mol. The van der Waals surface area contributed by atoms with Crippen molar-refractivity contribution in [2.24, 2.45) is 5.92 Å². The number of benzene rings is 1. The van der Waals surface area contributed by atoms with Crippen molar-refractivity contribution in [3.8, 4) is 5.75 Å². The number of hydrogen-bond donors (Lipinski definition) is 3. The van der Waals surface area contributed by atoms with E-state index in [4.69, 9.17) is 4.74 Å². The number of likely N-dealkylation sites (tertiary alicyclic amines) is 1. The van der Waals surface area contributed by atoms with Gasteiger partial charge in [-0.05, 0) is 75.4 Å². The molecule has 3 N–H and O–H groups in total. The average molecular weight is 455 g/mol. The van der Waals surface area contributed by atoms with Gasteiger partial charge in [0.25, 0.3) is 5.91 Å². The van der Waals surface area contributed by atoms with Crippen LogP contribution in [0.3, 0.4) is 0 Å². The van der Waals surface area contributed by atoms with Crippen molar-refractivity contribution in [3.63, 3.8) is 0 Å². The van der Waals surface area contributed by atoms with Gasteiger partial charge in [0.05, 0.1) is 18.7 Å². The van der Waals surface area contributed by atoms with Gasteiger partial charge in [-0.3, -0.25) is 14.4 Å². The maximum atomic E-state index is 13.5. The highest BCUT2D eigenvalue weighted by atomic mass is 16.5. The van der Waals surface area contributed by atoms with Gasteiger partial charge in [0.15, 0.2) is 0 Å². The third-order valence-corrected chi connectivity index (χ3v) is 7.25. The van der Waals surface area contributed by atoms with Crippen LogP contribution in [0.1, 0.15) is 49.0 Å². The summed E-state index contributed by atoms with van der Waals surface area (Å²) in [4.78, 5) is 40.8. The Balaban J connectivity index is 1.47. The zero-order valence-corrected chi connectivity index (χ0v) is 19.6. The number of ether oxygens (including phenoxy) is 1. The Bertz CT molecular complexity index is 962. The van der Waals surface area contributed by atoms with Crippen LogP contribution in [-0.2, 0) is 16.0 Å². The van der Waals surface area contributed by atoms with Crippen LogP contribution in [0.15, 0.2) is 30.4 Å². The Morgan fingerprint density at radius 1 is 1.21 bits per heavy atom. The van der Waals surface area contributed by atoms with E-state index in [0.29, 0.717) is 30.2 Å². The Kier molecular flexibility index (Phi) is 6.74. The molecule has 4 rings (SSSR count). The molecule has 1 aliphatic carbocycles. The Morgan fingerprint density at radius 2 is 2.00 bits per heavy atom. The summed E-state index contributed by atoms with van der Waals surface area (Å²) in [7, 11) is 1.70. The summed E-state index contributed by atoms with van der Waals surface area (Å²) in [5.41, 5.74) is 2.27. The van der Waals surface area contributed by atoms with E-state index in [1.807, 2.05) is 17.0 Å². The number of rotatable bonds is 7. The molecule has 3 amide bonds. The van der Waals surface area contributed by atoms with Gasteiger partial charge >= 0.3 is 0 Å². The molecule has 0 radical (unpaired) electrons. The van der Waals surface area contributed by atoms with E-state index in [1.54, 1.807) is 27.0 Å². The second-order valence-corrected chi connectivity index (χ2v) is 9.45. The van der Waals surface area contributed by atoms with Crippen molar-refractivity contribution in [1.82, 2.24) is 20.9 Å². The molecule has 8 nitrogen and oxygen atoms in total. The molecule has 8 heteroatoms. The molecular formula is C25H34N4O4. The molecule has 33 heavy (non-hydrogen) atoms. The lowest BCUT2D eigenvalue weighted by molar-refractivity contribution is -0.136. The molecule has 1 aromatic rings. The number of carbonyl (C=O) groups is 3. The lowest BCUT2D eigenvalue weighted by Crippen LogP contribution is -2.57. The highest BCUT2D eigenvalue weighted by Crippen LogP contribution is 2.39. The van der Waals surface area contributed by atoms with Crippen molar-refractivity contribution in [2.45, 2.75) is 63.7 Å². The summed E-state index contributed by atoms with van der Waals surface area (Å²) in [5, 5.41) is 8.92. The van der Waals surface area contributed by atoms with Gasteiger partial charge in [-0.25, -0.2) is 0 Å². The minimum atomic E-state index is -0.777. The first-order valence-corrected chi connectivity index (χ1v) is 11.8. The first kappa shape index (κ1) is 23.3. The minimum Gasteiger partial charge on any atom is -0.493 e. The molecule has 1 saturated heterocycles. The van der Waals surface area contributed by atoms with Gasteiger partial charge in [-0.15, -0.1) is 0 Å². The highest BCUT2D eigenvalue weighted by Gasteiger charge is 2.48. The lowest BCUT2D eigenvalue weighted by Gasteiger charge is -2.33. The van der Waals surface area contributed by atoms with Gasteiger partial charge in [0, 0.05) is 24.6 Å². The second kappa shape index (κ2) is 9.55. The van der Waals surface area contributed by atoms with Gasteiger partial charge in [-0.1, -0.05) is 6.58 Å². The number of hydrogen-bond acceptors (Lipinski definition) is 5. The fourth-order valence-corrected chi connectivity index (χ4v) is 5.26. The minimum absolute atomic E-state index is 0.0697. The van der Waals surface area contributed by atoms with Gasteiger partial charge in [0.1, 0.15) is 11.8 Å². The molecule has 1 saturated carbocycles. The standard InChI is InChI=1S/C25H34N4O4/c1-14(2)21(28-23(30)15(3)26-4)25(32)29-11-9-16-5-7-19(22(16)29)27-24(31)18-6-8-20-17(13-18)10-12-33-20/h6,8,13,15-16,19,21-22,26H,1,5,7,9-12H2,2-4H3,(H,27,31)(H,28,30)/t15-,16+,19-,21-,22-/m0/s1. The van der Waals surface area contributed by atoms with E-state index in [0.717, 1.165) is 37.0 Å². The third kappa shape index (κ3) is 4.62. The Morgan fingerprint density at radius 3 is 2.73 bits per heavy atom. The molecule has 3 aliphatic rings. The van der Waals surface area contributed by atoms with Crippen molar-refractivity contribution >= 4 is 17.7 Å². The van der Waals surface area contributed by atoms with E-state index in [2.05, 4.69) is 22.5 Å². The first-order chi connectivity index (χ1) is 15.8. The summed E-state index contributed by atoms with van der Waals surface area (Å²) in [6.07, 6.45) is 3.52. The number of carbonyl (C=O) groups excluding carboxylic acids is 3. The fourth-order valence-electron chi connectivity index (χ4n) is 5.26. The molecular weight excluding hydrogens is 420 g/mol. The first-order valence-electron chi connectivity index (χ1n) is 11.8. The summed E-state index contributed by atoms with van der Waals surface area (Å²) >= 11 is 0. The summed E-state index contributed by atoms with van der Waals surface area (Å²) in [6.45, 7) is 8.72. The molecule has 178 valence electrons. The van der Waals surface area contributed by atoms with Gasteiger partial charge in [-0.2, -0.15) is 0 Å². The summed E-state index contributed by atoms with van der Waals surface area (Å²) in [6, 6.07) is 4.17. The molecule has 5 atom stereocenters. The third-order valence-electron chi connectivity index (χ3n) is 7.25. The molecule has 2 fully saturated rings. The quantitative estimate of drug-likeness (QED) is 0.541. The monoisotopic (exact) mass is 454 g/mol. The molecule has 2 aliphatic heterocycles. The van der Waals surface area contributed by atoms with E-state index in [9.17, 15) is 14.4 Å². The molecule has 0 aromatic heterocycles. The van der Waals surface area contributed by atoms with E-state index in [1.165, 1.54) is 0 Å². The number of fused-ring (bicyclic) bond motifs is 2. The van der Waals surface area contributed by atoms with E-state index in [-0.39, 0.29) is 29.8 Å². The normalized spacial score (nSPS) is 24.9. The van der Waals surface area contributed by atoms with Crippen LogP contribution in [0.4, 0.5) is 0 Å². The van der Waals surface area contributed by atoms with Crippen molar-refractivity contribution in [2.75, 3.05) is 20.2 Å². The van der Waals surface area contributed by atoms with Gasteiger partial charge in [0.2, 0.25) is 11.8 Å². The number of nitrogens with zero attached hydrogens (tertiary/aromatic N) is 1. The Labute approximate surface area is 195 Å². The van der Waals surface area contributed by atoms with Crippen LogP contribution in [0, 0.1) is 5.92 Å². The lowest BCUT2D eigenvalue weighted by atomic mass is 10.0. The SMILES string of the molecule is C=C(C)[C@H](NC(=O)[C@H](C)NC)C(=O)N1CC[C@H]2CC[C@H](NC(=O)c3ccc4c(c3)CCO4)[C@H]21. The maximum Gasteiger partial charge on any atom is 0.251 e. The molecule has 2 heterocycles. The predicted octanol–water partition coefficient (Wildman–Crippen LogP) is 1.40. The van der Waals surface area contributed by atoms with Crippen molar-refractivity contribution in [1.29, 1.82) is 0 Å². The summed E-state index contributed by atoms with van der Waals surface area (Å²) < 4.78 is 5.54. The second-order valence-electron chi connectivity index (χ2n) is 9.45. The zero-order chi connectivity index (χ0) is 23.7. The van der Waals surface area contributed by atoms with E-state index >= 15 is 0 Å². The zero-order valence-electron chi connectivity index (χ0n) is 19.6. The Hall–Kier alpha value is -2.87. The smallest absolute Gasteiger partial charge is 0.251 e. The molecule has 0 bridgehead atoms. The van der Waals surface area contributed by atoms with E-state index < -0.39 is 12.1 Å². The average Bonchev–Trinajstić information content (AvgIpc) is 3.52. The van der Waals surface area contributed by atoms with Crippen LogP contribution in [-0.4, -0.2) is 67.0 Å². The molecule has 0 unspecified atom stereocenters. The van der Waals surface area contributed by atoms with Crippen LogP contribution in [0.25, 0.3) is 0 Å². The van der Waals surface area contributed by atoms with Crippen LogP contribution in [0.2, 0.25) is 0 Å². The van der Waals surface area contributed by atoms with Crippen molar-refractivity contribution < 1.29 is 19.1 Å². The summed E-state index contributed by atoms with van der Waals surface area (Å²) in [5.74, 6) is 0.682. The number of amides is 3. The maximum absolute atomic E-state index is 13.5. The highest BCUT2D eigenvalue weighted by molar-refractivity contribution is 5.95. The van der Waals surface area contributed by atoms with Crippen LogP contribution < -0.4 is 20.7 Å². The molecule has 0 spiro atoms. The molecule has 1 aromatic carbocycles. The largest absolute Gasteiger partial charge is 0.493 e. The number of nitrogens with one attached hydrogen (secondary N) is 3. The van der Waals surface area contributed by atoms with Crippen LogP contribution in [0.5, 0.6) is 5.75 Å².